The molecule has 0 saturated carbocycles. The molecule has 1 aromatic carbocycles. The Morgan fingerprint density at radius 2 is 1.94 bits per heavy atom. The third-order valence-corrected chi connectivity index (χ3v) is 3.14. The lowest BCUT2D eigenvalue weighted by atomic mass is 10.0. The second-order valence-corrected chi connectivity index (χ2v) is 4.90. The van der Waals surface area contributed by atoms with Crippen LogP contribution in [-0.4, -0.2) is 16.7 Å². The summed E-state index contributed by atoms with van der Waals surface area (Å²) in [5.41, 5.74) is 1.15. The van der Waals surface area contributed by atoms with Gasteiger partial charge in [0.05, 0.1) is 6.04 Å². The van der Waals surface area contributed by atoms with Crippen molar-refractivity contribution in [1.82, 2.24) is 4.98 Å². The minimum Gasteiger partial charge on any atom is -0.396 e. The first kappa shape index (κ1) is 13.1. The summed E-state index contributed by atoms with van der Waals surface area (Å²) < 4.78 is 0.950. The van der Waals surface area contributed by atoms with Gasteiger partial charge in [0.2, 0.25) is 0 Å². The summed E-state index contributed by atoms with van der Waals surface area (Å²) in [7, 11) is 0. The van der Waals surface area contributed by atoms with Crippen molar-refractivity contribution in [3.8, 4) is 0 Å². The molecule has 0 bridgehead atoms. The van der Waals surface area contributed by atoms with Crippen LogP contribution in [0.15, 0.2) is 53.1 Å². The van der Waals surface area contributed by atoms with E-state index in [1.807, 2.05) is 42.5 Å². The summed E-state index contributed by atoms with van der Waals surface area (Å²) in [6, 6.07) is 14.0. The number of rotatable bonds is 5. The van der Waals surface area contributed by atoms with Crippen molar-refractivity contribution in [1.29, 1.82) is 0 Å². The maximum Gasteiger partial charge on any atom is 0.126 e. The Labute approximate surface area is 115 Å². The zero-order valence-corrected chi connectivity index (χ0v) is 11.5. The van der Waals surface area contributed by atoms with E-state index in [2.05, 4.69) is 26.2 Å². The van der Waals surface area contributed by atoms with Gasteiger partial charge in [-0.25, -0.2) is 4.98 Å². The number of nitrogens with one attached hydrogen (secondary N) is 1. The molecule has 1 heterocycles. The lowest BCUT2D eigenvalue weighted by molar-refractivity contribution is 0.280. The van der Waals surface area contributed by atoms with Gasteiger partial charge in [0.15, 0.2) is 0 Å². The predicted octanol–water partition coefficient (Wildman–Crippen LogP) is 3.38. The number of aliphatic hydroxyl groups excluding tert-OH is 1. The summed E-state index contributed by atoms with van der Waals surface area (Å²) >= 11 is 3.36. The zero-order valence-electron chi connectivity index (χ0n) is 9.88. The summed E-state index contributed by atoms with van der Waals surface area (Å²) in [4.78, 5) is 4.29. The van der Waals surface area contributed by atoms with E-state index in [1.165, 1.54) is 0 Å². The van der Waals surface area contributed by atoms with E-state index < -0.39 is 0 Å². The number of hydrogen-bond donors (Lipinski definition) is 2. The van der Waals surface area contributed by atoms with E-state index in [1.54, 1.807) is 6.20 Å². The summed E-state index contributed by atoms with van der Waals surface area (Å²) in [6.07, 6.45) is 2.41. The first-order chi connectivity index (χ1) is 8.79. The highest BCUT2D eigenvalue weighted by atomic mass is 79.9. The van der Waals surface area contributed by atoms with Gasteiger partial charge in [-0.3, -0.25) is 0 Å². The van der Waals surface area contributed by atoms with Crippen molar-refractivity contribution >= 4 is 21.7 Å². The van der Waals surface area contributed by atoms with Gasteiger partial charge in [0, 0.05) is 17.3 Å². The zero-order chi connectivity index (χ0) is 12.8. The molecule has 0 aliphatic carbocycles. The molecule has 0 unspecified atom stereocenters. The Kier molecular flexibility index (Phi) is 4.73. The van der Waals surface area contributed by atoms with Gasteiger partial charge in [0.1, 0.15) is 5.82 Å². The molecule has 3 nitrogen and oxygen atoms in total. The van der Waals surface area contributed by atoms with Crippen LogP contribution in [0.25, 0.3) is 0 Å². The molecule has 0 amide bonds. The highest BCUT2D eigenvalue weighted by Crippen LogP contribution is 2.21. The molecule has 1 atom stereocenters. The molecular formula is C14H15BrN2O. The average molecular weight is 307 g/mol. The fourth-order valence-corrected chi connectivity index (χ4v) is 2.01. The topological polar surface area (TPSA) is 45.1 Å². The monoisotopic (exact) mass is 306 g/mol. The lowest BCUT2D eigenvalue weighted by Gasteiger charge is -2.18. The SMILES string of the molecule is OCC[C@@H](Nc1ccc(Br)cn1)c1ccccc1. The van der Waals surface area contributed by atoms with E-state index in [4.69, 9.17) is 5.11 Å². The van der Waals surface area contributed by atoms with Crippen LogP contribution in [0.3, 0.4) is 0 Å². The Morgan fingerprint density at radius 3 is 2.56 bits per heavy atom. The van der Waals surface area contributed by atoms with Crippen LogP contribution >= 0.6 is 15.9 Å². The highest BCUT2D eigenvalue weighted by molar-refractivity contribution is 9.10. The Balaban J connectivity index is 2.14. The molecule has 0 fully saturated rings. The Morgan fingerprint density at radius 1 is 1.17 bits per heavy atom. The largest absolute Gasteiger partial charge is 0.396 e. The molecule has 94 valence electrons. The number of aliphatic hydroxyl groups is 1. The van der Waals surface area contributed by atoms with Gasteiger partial charge in [-0.1, -0.05) is 30.3 Å². The average Bonchev–Trinajstić information content (AvgIpc) is 2.42. The number of hydrogen-bond acceptors (Lipinski definition) is 3. The molecule has 0 aliphatic heterocycles. The molecule has 4 heteroatoms. The number of nitrogens with zero attached hydrogens (tertiary/aromatic N) is 1. The van der Waals surface area contributed by atoms with Crippen molar-refractivity contribution in [2.24, 2.45) is 0 Å². The second kappa shape index (κ2) is 6.52. The third-order valence-electron chi connectivity index (χ3n) is 2.67. The summed E-state index contributed by atoms with van der Waals surface area (Å²) in [6.45, 7) is 0.142. The Hall–Kier alpha value is -1.39. The Bertz CT molecular complexity index is 473. The van der Waals surface area contributed by atoms with Gasteiger partial charge in [-0.15, -0.1) is 0 Å². The van der Waals surface area contributed by atoms with Crippen molar-refractivity contribution in [2.45, 2.75) is 12.5 Å². The van der Waals surface area contributed by atoms with E-state index in [-0.39, 0.29) is 12.6 Å². The fraction of sp³-hybridized carbons (Fsp3) is 0.214. The molecule has 0 saturated heterocycles. The molecule has 0 radical (unpaired) electrons. The van der Waals surface area contributed by atoms with Crippen LogP contribution in [0.4, 0.5) is 5.82 Å². The van der Waals surface area contributed by atoms with Crippen LogP contribution < -0.4 is 5.32 Å². The number of pyridine rings is 1. The first-order valence-corrected chi connectivity index (χ1v) is 6.63. The maximum atomic E-state index is 9.15. The molecular weight excluding hydrogens is 292 g/mol. The molecule has 0 spiro atoms. The van der Waals surface area contributed by atoms with Gasteiger partial charge >= 0.3 is 0 Å². The van der Waals surface area contributed by atoms with Gasteiger partial charge in [-0.2, -0.15) is 0 Å². The van der Waals surface area contributed by atoms with Gasteiger partial charge in [-0.05, 0) is 40.0 Å². The van der Waals surface area contributed by atoms with E-state index in [9.17, 15) is 0 Å². The van der Waals surface area contributed by atoms with Crippen LogP contribution in [-0.2, 0) is 0 Å². The minimum absolute atomic E-state index is 0.0740. The van der Waals surface area contributed by atoms with E-state index >= 15 is 0 Å². The van der Waals surface area contributed by atoms with Crippen LogP contribution in [0, 0.1) is 0 Å². The van der Waals surface area contributed by atoms with E-state index in [0.717, 1.165) is 15.9 Å². The minimum atomic E-state index is 0.0740. The van der Waals surface area contributed by atoms with Crippen molar-refractivity contribution in [2.75, 3.05) is 11.9 Å². The van der Waals surface area contributed by atoms with Crippen LogP contribution in [0.5, 0.6) is 0 Å². The van der Waals surface area contributed by atoms with Gasteiger partial charge < -0.3 is 10.4 Å². The first-order valence-electron chi connectivity index (χ1n) is 5.83. The van der Waals surface area contributed by atoms with E-state index in [0.29, 0.717) is 6.42 Å². The normalized spacial score (nSPS) is 12.1. The molecule has 2 aromatic rings. The molecule has 18 heavy (non-hydrogen) atoms. The number of halogens is 1. The fourth-order valence-electron chi connectivity index (χ4n) is 1.78. The number of benzene rings is 1. The standard InChI is InChI=1S/C14H15BrN2O/c15-12-6-7-14(16-10-12)17-13(8-9-18)11-4-2-1-3-5-11/h1-7,10,13,18H,8-9H2,(H,16,17)/t13-/m1/s1. The number of aromatic nitrogens is 1. The molecule has 0 aliphatic rings. The second-order valence-electron chi connectivity index (χ2n) is 3.98. The quantitative estimate of drug-likeness (QED) is 0.890. The van der Waals surface area contributed by atoms with Crippen molar-refractivity contribution in [3.63, 3.8) is 0 Å². The molecule has 1 aromatic heterocycles. The van der Waals surface area contributed by atoms with Crippen LogP contribution in [0.2, 0.25) is 0 Å². The summed E-state index contributed by atoms with van der Waals surface area (Å²) in [5, 5.41) is 12.5. The lowest BCUT2D eigenvalue weighted by Crippen LogP contribution is -2.13. The number of anilines is 1. The van der Waals surface area contributed by atoms with Crippen molar-refractivity contribution in [3.05, 3.63) is 58.7 Å². The smallest absolute Gasteiger partial charge is 0.126 e. The third kappa shape index (κ3) is 3.55. The highest BCUT2D eigenvalue weighted by Gasteiger charge is 2.10. The van der Waals surface area contributed by atoms with Crippen molar-refractivity contribution < 1.29 is 5.11 Å². The predicted molar refractivity (Wildman–Crippen MR) is 76.4 cm³/mol. The van der Waals surface area contributed by atoms with Crippen LogP contribution in [0.1, 0.15) is 18.0 Å². The maximum absolute atomic E-state index is 9.15. The molecule has 2 rings (SSSR count). The summed E-state index contributed by atoms with van der Waals surface area (Å²) in [5.74, 6) is 0.806. The van der Waals surface area contributed by atoms with Gasteiger partial charge in [0.25, 0.3) is 0 Å². The molecule has 2 N–H and O–H groups in total.